The molecule has 0 spiro atoms. The van der Waals surface area contributed by atoms with Crippen molar-refractivity contribution in [2.24, 2.45) is 0 Å². The second-order valence-electron chi connectivity index (χ2n) is 6.56. The number of hydrogen-bond donors (Lipinski definition) is 0. The first-order valence-electron chi connectivity index (χ1n) is 8.86. The molecule has 1 aliphatic rings. The molecule has 0 N–H and O–H groups in total. The molecule has 1 fully saturated rings. The van der Waals surface area contributed by atoms with Crippen molar-refractivity contribution in [2.75, 3.05) is 13.7 Å². The Bertz CT molecular complexity index is 713. The molecule has 3 rings (SSSR count). The van der Waals surface area contributed by atoms with Crippen LogP contribution in [0.5, 0.6) is 5.88 Å². The minimum atomic E-state index is 0.198. The Morgan fingerprint density at radius 2 is 2.28 bits per heavy atom. The van der Waals surface area contributed by atoms with Crippen molar-refractivity contribution in [3.05, 3.63) is 41.4 Å². The van der Waals surface area contributed by atoms with Gasteiger partial charge in [0.25, 0.3) is 5.88 Å². The van der Waals surface area contributed by atoms with Gasteiger partial charge >= 0.3 is 0 Å². The number of rotatable bonds is 7. The van der Waals surface area contributed by atoms with E-state index >= 15 is 0 Å². The molecule has 1 unspecified atom stereocenters. The number of ether oxygens (including phenoxy) is 1. The Balaban J connectivity index is 1.50. The molecule has 0 saturated carbocycles. The first-order valence-corrected chi connectivity index (χ1v) is 8.86. The monoisotopic (exact) mass is 343 g/mol. The Hall–Kier alpha value is -2.37. The molecule has 6 heteroatoms. The average molecular weight is 343 g/mol. The largest absolute Gasteiger partial charge is 0.479 e. The van der Waals surface area contributed by atoms with Crippen molar-refractivity contribution in [3.63, 3.8) is 0 Å². The molecule has 0 bridgehead atoms. The lowest BCUT2D eigenvalue weighted by molar-refractivity contribution is -0.132. The molecule has 2 aromatic rings. The predicted octanol–water partition coefficient (Wildman–Crippen LogP) is 2.94. The number of nitrogens with zero attached hydrogens (tertiary/aromatic N) is 3. The van der Waals surface area contributed by atoms with Gasteiger partial charge in [0, 0.05) is 43.4 Å². The molecule has 0 radical (unpaired) electrons. The summed E-state index contributed by atoms with van der Waals surface area (Å²) in [5.74, 6) is 1.34. The summed E-state index contributed by atoms with van der Waals surface area (Å²) in [4.78, 5) is 18.9. The predicted molar refractivity (Wildman–Crippen MR) is 93.4 cm³/mol. The van der Waals surface area contributed by atoms with Crippen LogP contribution >= 0.6 is 0 Å². The second-order valence-corrected chi connectivity index (χ2v) is 6.56. The summed E-state index contributed by atoms with van der Waals surface area (Å²) in [5, 5.41) is 3.77. The van der Waals surface area contributed by atoms with Crippen molar-refractivity contribution in [1.29, 1.82) is 0 Å². The van der Waals surface area contributed by atoms with Crippen molar-refractivity contribution in [3.8, 4) is 5.88 Å². The summed E-state index contributed by atoms with van der Waals surface area (Å²) >= 11 is 0. The zero-order valence-electron chi connectivity index (χ0n) is 14.9. The van der Waals surface area contributed by atoms with E-state index in [1.807, 2.05) is 18.0 Å². The number of methoxy groups -OCH3 is 1. The summed E-state index contributed by atoms with van der Waals surface area (Å²) in [5.41, 5.74) is 2.33. The van der Waals surface area contributed by atoms with Crippen molar-refractivity contribution >= 4 is 5.91 Å². The van der Waals surface area contributed by atoms with Crippen LogP contribution in [-0.4, -0.2) is 40.6 Å². The van der Waals surface area contributed by atoms with E-state index in [-0.39, 0.29) is 5.91 Å². The highest BCUT2D eigenvalue weighted by molar-refractivity contribution is 5.77. The van der Waals surface area contributed by atoms with E-state index in [0.717, 1.165) is 37.9 Å². The molecule has 1 atom stereocenters. The highest BCUT2D eigenvalue weighted by atomic mass is 16.5. The fourth-order valence-corrected chi connectivity index (χ4v) is 3.44. The number of pyridine rings is 1. The normalized spacial score (nSPS) is 17.0. The van der Waals surface area contributed by atoms with Gasteiger partial charge in [-0.2, -0.15) is 0 Å². The third kappa shape index (κ3) is 4.59. The minimum Gasteiger partial charge on any atom is -0.479 e. The highest BCUT2D eigenvalue weighted by Gasteiger charge is 2.28. The first kappa shape index (κ1) is 17.5. The van der Waals surface area contributed by atoms with Gasteiger partial charge in [0.05, 0.1) is 7.11 Å². The number of aromatic nitrogens is 2. The fourth-order valence-electron chi connectivity index (χ4n) is 3.44. The van der Waals surface area contributed by atoms with Gasteiger partial charge in [0.15, 0.2) is 0 Å². The van der Waals surface area contributed by atoms with Crippen LogP contribution in [0.4, 0.5) is 0 Å². The first-order chi connectivity index (χ1) is 12.2. The van der Waals surface area contributed by atoms with E-state index in [2.05, 4.69) is 22.3 Å². The summed E-state index contributed by atoms with van der Waals surface area (Å²) < 4.78 is 10.2. The number of likely N-dealkylation sites (tertiary alicyclic amines) is 1. The minimum absolute atomic E-state index is 0.198. The molecule has 0 aliphatic carbocycles. The molecular formula is C19H25N3O3. The van der Waals surface area contributed by atoms with Gasteiger partial charge in [0.1, 0.15) is 5.76 Å². The molecule has 0 aromatic carbocycles. The van der Waals surface area contributed by atoms with Crippen LogP contribution in [0.15, 0.2) is 28.9 Å². The number of carbonyl (C=O) groups excluding carboxylic acids is 1. The number of amides is 1. The Labute approximate surface area is 148 Å². The highest BCUT2D eigenvalue weighted by Crippen LogP contribution is 2.23. The van der Waals surface area contributed by atoms with E-state index in [1.54, 1.807) is 13.2 Å². The number of aryl methyl sites for hydroxylation is 3. The SMILES string of the molecule is COc1cc(CCC(=O)N2CCCC2CCc2ccnc(C)c2)on1. The molecular weight excluding hydrogens is 318 g/mol. The van der Waals surface area contributed by atoms with E-state index in [0.29, 0.717) is 30.5 Å². The lowest BCUT2D eigenvalue weighted by atomic mass is 10.0. The number of hydrogen-bond acceptors (Lipinski definition) is 5. The molecule has 134 valence electrons. The topological polar surface area (TPSA) is 68.5 Å². The average Bonchev–Trinajstić information content (AvgIpc) is 3.27. The van der Waals surface area contributed by atoms with E-state index in [4.69, 9.17) is 9.26 Å². The maximum Gasteiger partial charge on any atom is 0.254 e. The van der Waals surface area contributed by atoms with Crippen molar-refractivity contribution in [1.82, 2.24) is 15.0 Å². The van der Waals surface area contributed by atoms with Crippen LogP contribution in [0.2, 0.25) is 0 Å². The maximum absolute atomic E-state index is 12.6. The zero-order valence-corrected chi connectivity index (χ0v) is 14.9. The van der Waals surface area contributed by atoms with Crippen LogP contribution in [-0.2, 0) is 17.6 Å². The molecule has 6 nitrogen and oxygen atoms in total. The molecule has 3 heterocycles. The van der Waals surface area contributed by atoms with Crippen LogP contribution < -0.4 is 4.74 Å². The lowest BCUT2D eigenvalue weighted by Crippen LogP contribution is -2.35. The number of carbonyl (C=O) groups is 1. The van der Waals surface area contributed by atoms with Gasteiger partial charge in [-0.15, -0.1) is 0 Å². The zero-order chi connectivity index (χ0) is 17.6. The summed E-state index contributed by atoms with van der Waals surface area (Å²) in [6, 6.07) is 6.26. The molecule has 2 aromatic heterocycles. The lowest BCUT2D eigenvalue weighted by Gasteiger charge is -2.24. The molecule has 1 aliphatic heterocycles. The second kappa shape index (κ2) is 8.14. The Morgan fingerprint density at radius 1 is 1.40 bits per heavy atom. The molecule has 1 saturated heterocycles. The maximum atomic E-state index is 12.6. The van der Waals surface area contributed by atoms with Crippen LogP contribution in [0.3, 0.4) is 0 Å². The van der Waals surface area contributed by atoms with Gasteiger partial charge in [-0.25, -0.2) is 0 Å². The smallest absolute Gasteiger partial charge is 0.254 e. The van der Waals surface area contributed by atoms with E-state index in [1.165, 1.54) is 5.56 Å². The van der Waals surface area contributed by atoms with Crippen molar-refractivity contribution < 1.29 is 14.1 Å². The van der Waals surface area contributed by atoms with Crippen molar-refractivity contribution in [2.45, 2.75) is 51.5 Å². The Kier molecular flexibility index (Phi) is 5.68. The quantitative estimate of drug-likeness (QED) is 0.773. The standard InChI is InChI=1S/C19H25N3O3/c1-14-12-15(9-10-20-14)5-6-16-4-3-11-22(16)19(23)8-7-17-13-18(24-2)21-25-17/h9-10,12-13,16H,3-8,11H2,1-2H3. The van der Waals surface area contributed by atoms with E-state index in [9.17, 15) is 4.79 Å². The summed E-state index contributed by atoms with van der Waals surface area (Å²) in [7, 11) is 1.55. The van der Waals surface area contributed by atoms with Gasteiger partial charge in [0.2, 0.25) is 5.91 Å². The third-order valence-corrected chi connectivity index (χ3v) is 4.76. The fraction of sp³-hybridized carbons (Fsp3) is 0.526. The van der Waals surface area contributed by atoms with Gasteiger partial charge in [-0.1, -0.05) is 0 Å². The van der Waals surface area contributed by atoms with Gasteiger partial charge < -0.3 is 14.2 Å². The summed E-state index contributed by atoms with van der Waals surface area (Å²) in [6.45, 7) is 2.87. The van der Waals surface area contributed by atoms with Crippen LogP contribution in [0, 0.1) is 6.92 Å². The van der Waals surface area contributed by atoms with Gasteiger partial charge in [-0.3, -0.25) is 9.78 Å². The third-order valence-electron chi connectivity index (χ3n) is 4.76. The Morgan fingerprint density at radius 3 is 3.04 bits per heavy atom. The van der Waals surface area contributed by atoms with Crippen LogP contribution in [0.25, 0.3) is 0 Å². The van der Waals surface area contributed by atoms with E-state index < -0.39 is 0 Å². The summed E-state index contributed by atoms with van der Waals surface area (Å²) in [6.07, 6.45) is 7.02. The van der Waals surface area contributed by atoms with Gasteiger partial charge in [-0.05, 0) is 55.5 Å². The van der Waals surface area contributed by atoms with Crippen LogP contribution in [0.1, 0.15) is 42.7 Å². The molecule has 25 heavy (non-hydrogen) atoms. The molecule has 1 amide bonds.